The molecule has 0 aliphatic carbocycles. The highest BCUT2D eigenvalue weighted by atomic mass is 15.5. The van der Waals surface area contributed by atoms with Gasteiger partial charge in [-0.15, -0.1) is 0 Å². The van der Waals surface area contributed by atoms with E-state index in [0.29, 0.717) is 6.04 Å². The number of hydrogen-bond acceptors (Lipinski definition) is 4. The van der Waals surface area contributed by atoms with E-state index < -0.39 is 0 Å². The average molecular weight is 311 g/mol. The summed E-state index contributed by atoms with van der Waals surface area (Å²) in [6, 6.07) is 0.604. The standard InChI is InChI=1S/C18H38N4/c1-15-13-19-9-10-21(15)18(7,8)20-11-12-22(16(2,3)4)17(5,6)14-20/h15,19H,9-14H2,1-8H3/t15-/m0/s1. The van der Waals surface area contributed by atoms with E-state index in [9.17, 15) is 0 Å². The Bertz CT molecular complexity index is 383. The highest BCUT2D eigenvalue weighted by Gasteiger charge is 2.45. The minimum Gasteiger partial charge on any atom is -0.314 e. The minimum absolute atomic E-state index is 0.128. The smallest absolute Gasteiger partial charge is 0.0683 e. The van der Waals surface area contributed by atoms with Crippen LogP contribution in [0, 0.1) is 0 Å². The minimum atomic E-state index is 0.128. The topological polar surface area (TPSA) is 21.8 Å². The SMILES string of the molecule is C[C@H]1CNCCN1C(C)(C)N1CCN(C(C)(C)C)C(C)(C)C1. The molecular weight excluding hydrogens is 272 g/mol. The van der Waals surface area contributed by atoms with Crippen molar-refractivity contribution in [2.75, 3.05) is 39.3 Å². The fourth-order valence-corrected chi connectivity index (χ4v) is 4.70. The third kappa shape index (κ3) is 3.50. The molecule has 2 aliphatic rings. The summed E-state index contributed by atoms with van der Waals surface area (Å²) in [5.41, 5.74) is 0.579. The molecule has 0 aromatic carbocycles. The molecule has 0 aromatic rings. The first-order chi connectivity index (χ1) is 9.96. The van der Waals surface area contributed by atoms with E-state index in [-0.39, 0.29) is 16.7 Å². The molecule has 0 saturated carbocycles. The normalized spacial score (nSPS) is 29.7. The summed E-state index contributed by atoms with van der Waals surface area (Å²) in [5.74, 6) is 0. The zero-order chi connectivity index (χ0) is 16.8. The molecule has 4 nitrogen and oxygen atoms in total. The van der Waals surface area contributed by atoms with Crippen LogP contribution in [0.15, 0.2) is 0 Å². The first-order valence-electron chi connectivity index (χ1n) is 8.96. The van der Waals surface area contributed by atoms with Crippen LogP contribution < -0.4 is 5.32 Å². The van der Waals surface area contributed by atoms with Crippen LogP contribution in [0.4, 0.5) is 0 Å². The summed E-state index contributed by atoms with van der Waals surface area (Å²) >= 11 is 0. The highest BCUT2D eigenvalue weighted by molar-refractivity contribution is 5.00. The van der Waals surface area contributed by atoms with Crippen LogP contribution in [0.1, 0.15) is 55.4 Å². The number of piperazine rings is 2. The van der Waals surface area contributed by atoms with Crippen LogP contribution in [0.5, 0.6) is 0 Å². The largest absolute Gasteiger partial charge is 0.314 e. The lowest BCUT2D eigenvalue weighted by Crippen LogP contribution is -2.72. The second-order valence-electron chi connectivity index (χ2n) is 9.30. The van der Waals surface area contributed by atoms with Gasteiger partial charge in [-0.1, -0.05) is 0 Å². The molecule has 2 fully saturated rings. The number of nitrogens with one attached hydrogen (secondary N) is 1. The van der Waals surface area contributed by atoms with Gasteiger partial charge in [0.05, 0.1) is 5.66 Å². The van der Waals surface area contributed by atoms with Gasteiger partial charge in [-0.25, -0.2) is 0 Å². The number of hydrogen-bond donors (Lipinski definition) is 1. The van der Waals surface area contributed by atoms with Crippen molar-refractivity contribution in [3.8, 4) is 0 Å². The summed E-state index contributed by atoms with van der Waals surface area (Å²) in [5, 5.41) is 3.51. The van der Waals surface area contributed by atoms with Crippen LogP contribution in [-0.4, -0.2) is 76.8 Å². The Balaban J connectivity index is 2.13. The molecule has 0 amide bonds. The number of nitrogens with zero attached hydrogens (tertiary/aromatic N) is 3. The van der Waals surface area contributed by atoms with Crippen molar-refractivity contribution in [2.24, 2.45) is 0 Å². The first kappa shape index (κ1) is 18.2. The summed E-state index contributed by atoms with van der Waals surface area (Å²) in [4.78, 5) is 8.07. The van der Waals surface area contributed by atoms with Gasteiger partial charge in [-0.2, -0.15) is 0 Å². The molecular formula is C18H38N4. The maximum atomic E-state index is 3.51. The molecule has 0 aromatic heterocycles. The quantitative estimate of drug-likeness (QED) is 0.844. The van der Waals surface area contributed by atoms with Gasteiger partial charge in [0.1, 0.15) is 0 Å². The lowest BCUT2D eigenvalue weighted by Gasteiger charge is -2.59. The first-order valence-corrected chi connectivity index (χ1v) is 8.96. The summed E-state index contributed by atoms with van der Waals surface area (Å²) in [7, 11) is 0. The van der Waals surface area contributed by atoms with E-state index in [1.165, 1.54) is 0 Å². The van der Waals surface area contributed by atoms with Gasteiger partial charge in [0, 0.05) is 56.4 Å². The van der Waals surface area contributed by atoms with Crippen molar-refractivity contribution in [3.05, 3.63) is 0 Å². The van der Waals surface area contributed by atoms with Gasteiger partial charge in [0.15, 0.2) is 0 Å². The van der Waals surface area contributed by atoms with E-state index in [1.54, 1.807) is 0 Å². The summed E-state index contributed by atoms with van der Waals surface area (Å²) < 4.78 is 0. The number of rotatable bonds is 2. The van der Waals surface area contributed by atoms with E-state index in [2.05, 4.69) is 75.4 Å². The fraction of sp³-hybridized carbons (Fsp3) is 1.00. The summed E-state index contributed by atoms with van der Waals surface area (Å²) in [6.45, 7) is 25.8. The Morgan fingerprint density at radius 3 is 2.14 bits per heavy atom. The van der Waals surface area contributed by atoms with Crippen molar-refractivity contribution in [1.29, 1.82) is 0 Å². The third-order valence-corrected chi connectivity index (χ3v) is 5.69. The van der Waals surface area contributed by atoms with E-state index in [1.807, 2.05) is 0 Å². The van der Waals surface area contributed by atoms with Crippen LogP contribution >= 0.6 is 0 Å². The molecule has 0 spiro atoms. The zero-order valence-electron chi connectivity index (χ0n) is 16.2. The predicted molar refractivity (Wildman–Crippen MR) is 95.2 cm³/mol. The third-order valence-electron chi connectivity index (χ3n) is 5.69. The van der Waals surface area contributed by atoms with E-state index in [0.717, 1.165) is 39.3 Å². The molecule has 2 rings (SSSR count). The predicted octanol–water partition coefficient (Wildman–Crippen LogP) is 2.21. The fourth-order valence-electron chi connectivity index (χ4n) is 4.70. The van der Waals surface area contributed by atoms with Gasteiger partial charge >= 0.3 is 0 Å². The van der Waals surface area contributed by atoms with Gasteiger partial charge in [0.2, 0.25) is 0 Å². The van der Waals surface area contributed by atoms with Crippen LogP contribution in [0.2, 0.25) is 0 Å². The molecule has 2 aliphatic heterocycles. The van der Waals surface area contributed by atoms with Crippen LogP contribution in [0.3, 0.4) is 0 Å². The average Bonchev–Trinajstić information content (AvgIpc) is 2.36. The van der Waals surface area contributed by atoms with Crippen molar-refractivity contribution in [3.63, 3.8) is 0 Å². The second-order valence-corrected chi connectivity index (χ2v) is 9.30. The summed E-state index contributed by atoms with van der Waals surface area (Å²) in [6.07, 6.45) is 0. The maximum Gasteiger partial charge on any atom is 0.0683 e. The second kappa shape index (κ2) is 6.04. The van der Waals surface area contributed by atoms with E-state index >= 15 is 0 Å². The van der Waals surface area contributed by atoms with Gasteiger partial charge < -0.3 is 5.32 Å². The Morgan fingerprint density at radius 2 is 1.64 bits per heavy atom. The molecule has 0 bridgehead atoms. The molecule has 1 atom stereocenters. The van der Waals surface area contributed by atoms with Crippen molar-refractivity contribution >= 4 is 0 Å². The van der Waals surface area contributed by atoms with E-state index in [4.69, 9.17) is 0 Å². The molecule has 22 heavy (non-hydrogen) atoms. The Labute approximate surface area is 138 Å². The molecule has 0 radical (unpaired) electrons. The van der Waals surface area contributed by atoms with Crippen molar-refractivity contribution in [2.45, 2.75) is 78.2 Å². The van der Waals surface area contributed by atoms with Crippen molar-refractivity contribution in [1.82, 2.24) is 20.0 Å². The van der Waals surface area contributed by atoms with Gasteiger partial charge in [0.25, 0.3) is 0 Å². The Kier molecular flexibility index (Phi) is 5.00. The molecule has 0 unspecified atom stereocenters. The maximum absolute atomic E-state index is 3.51. The van der Waals surface area contributed by atoms with Crippen molar-refractivity contribution < 1.29 is 0 Å². The molecule has 2 heterocycles. The lowest BCUT2D eigenvalue weighted by molar-refractivity contribution is -0.124. The van der Waals surface area contributed by atoms with Gasteiger partial charge in [-0.05, 0) is 55.4 Å². The van der Waals surface area contributed by atoms with Gasteiger partial charge in [-0.3, -0.25) is 14.7 Å². The Hall–Kier alpha value is -0.160. The molecule has 4 heteroatoms. The van der Waals surface area contributed by atoms with Crippen LogP contribution in [-0.2, 0) is 0 Å². The van der Waals surface area contributed by atoms with Crippen LogP contribution in [0.25, 0.3) is 0 Å². The Morgan fingerprint density at radius 1 is 1.00 bits per heavy atom. The monoisotopic (exact) mass is 310 g/mol. The highest BCUT2D eigenvalue weighted by Crippen LogP contribution is 2.33. The zero-order valence-corrected chi connectivity index (χ0v) is 16.2. The molecule has 130 valence electrons. The molecule has 2 saturated heterocycles. The molecule has 1 N–H and O–H groups in total. The lowest BCUT2D eigenvalue weighted by atomic mass is 9.90.